The molecule has 1 fully saturated rings. The van der Waals surface area contributed by atoms with Crippen LogP contribution in [0.1, 0.15) is 36.8 Å². The molecule has 19 heavy (non-hydrogen) atoms. The standard InChI is InChI=1S/C14H22N2O2S/c1-10-5-8-13(15)14(11(10)2)19(17,18)16-9-3-4-12-6-7-12/h5,8,12,16H,3-4,6-7,9,15H2,1-2H3. The lowest BCUT2D eigenvalue weighted by atomic mass is 10.1. The van der Waals surface area contributed by atoms with E-state index in [-0.39, 0.29) is 4.90 Å². The molecular formula is C14H22N2O2S. The molecule has 2 rings (SSSR count). The second-order valence-corrected chi connectivity index (χ2v) is 7.11. The summed E-state index contributed by atoms with van der Waals surface area (Å²) >= 11 is 0. The quantitative estimate of drug-likeness (QED) is 0.621. The van der Waals surface area contributed by atoms with Crippen molar-refractivity contribution in [3.05, 3.63) is 23.3 Å². The predicted molar refractivity (Wildman–Crippen MR) is 77.5 cm³/mol. The van der Waals surface area contributed by atoms with E-state index in [0.717, 1.165) is 29.9 Å². The van der Waals surface area contributed by atoms with Crippen molar-refractivity contribution in [3.63, 3.8) is 0 Å². The second-order valence-electron chi connectivity index (χ2n) is 5.41. The monoisotopic (exact) mass is 282 g/mol. The van der Waals surface area contributed by atoms with E-state index >= 15 is 0 Å². The van der Waals surface area contributed by atoms with Crippen LogP contribution in [0.25, 0.3) is 0 Å². The summed E-state index contributed by atoms with van der Waals surface area (Å²) in [7, 11) is -3.50. The lowest BCUT2D eigenvalue weighted by molar-refractivity contribution is 0.572. The first-order valence-corrected chi connectivity index (χ1v) is 8.25. The zero-order valence-electron chi connectivity index (χ0n) is 11.6. The molecule has 0 amide bonds. The van der Waals surface area contributed by atoms with Gasteiger partial charge in [-0.05, 0) is 49.8 Å². The van der Waals surface area contributed by atoms with Gasteiger partial charge in [0.05, 0.1) is 5.69 Å². The molecule has 0 aromatic heterocycles. The first kappa shape index (κ1) is 14.3. The Labute approximate surface area is 115 Å². The normalized spacial score (nSPS) is 15.7. The fraction of sp³-hybridized carbons (Fsp3) is 0.571. The first-order chi connectivity index (χ1) is 8.92. The Morgan fingerprint density at radius 3 is 2.63 bits per heavy atom. The van der Waals surface area contributed by atoms with Gasteiger partial charge in [0.2, 0.25) is 10.0 Å². The highest BCUT2D eigenvalue weighted by Gasteiger charge is 2.22. The van der Waals surface area contributed by atoms with Gasteiger partial charge in [0, 0.05) is 6.54 Å². The molecule has 1 aromatic carbocycles. The molecule has 0 bridgehead atoms. The molecule has 3 N–H and O–H groups in total. The van der Waals surface area contributed by atoms with Crippen LogP contribution in [0.2, 0.25) is 0 Å². The van der Waals surface area contributed by atoms with Gasteiger partial charge in [-0.3, -0.25) is 0 Å². The summed E-state index contributed by atoms with van der Waals surface area (Å²) in [6, 6.07) is 3.50. The van der Waals surface area contributed by atoms with Gasteiger partial charge in [0.1, 0.15) is 4.90 Å². The van der Waals surface area contributed by atoms with E-state index in [9.17, 15) is 8.42 Å². The van der Waals surface area contributed by atoms with Gasteiger partial charge in [-0.1, -0.05) is 18.9 Å². The molecule has 1 aliphatic rings. The Hall–Kier alpha value is -1.07. The summed E-state index contributed by atoms with van der Waals surface area (Å²) in [6.07, 6.45) is 4.62. The molecule has 4 nitrogen and oxygen atoms in total. The average Bonchev–Trinajstić information content (AvgIpc) is 3.14. The minimum Gasteiger partial charge on any atom is -0.398 e. The van der Waals surface area contributed by atoms with Gasteiger partial charge in [-0.25, -0.2) is 13.1 Å². The predicted octanol–water partition coefficient (Wildman–Crippen LogP) is 2.35. The lowest BCUT2D eigenvalue weighted by Gasteiger charge is -2.13. The second kappa shape index (κ2) is 5.51. The number of nitrogens with two attached hydrogens (primary N) is 1. The number of rotatable bonds is 6. The largest absolute Gasteiger partial charge is 0.398 e. The van der Waals surface area contributed by atoms with Gasteiger partial charge in [0.15, 0.2) is 0 Å². The fourth-order valence-electron chi connectivity index (χ4n) is 2.24. The Kier molecular flexibility index (Phi) is 4.16. The maximum Gasteiger partial charge on any atom is 0.242 e. The third-order valence-electron chi connectivity index (χ3n) is 3.75. The van der Waals surface area contributed by atoms with Gasteiger partial charge < -0.3 is 5.73 Å². The molecule has 5 heteroatoms. The van der Waals surface area contributed by atoms with E-state index in [1.54, 1.807) is 13.0 Å². The summed E-state index contributed by atoms with van der Waals surface area (Å²) in [4.78, 5) is 0.235. The minimum atomic E-state index is -3.50. The SMILES string of the molecule is Cc1ccc(N)c(S(=O)(=O)NCCCC2CC2)c1C. The molecule has 106 valence electrons. The Morgan fingerprint density at radius 2 is 2.00 bits per heavy atom. The van der Waals surface area contributed by atoms with E-state index in [4.69, 9.17) is 5.73 Å². The summed E-state index contributed by atoms with van der Waals surface area (Å²) in [6.45, 7) is 4.18. The average molecular weight is 282 g/mol. The summed E-state index contributed by atoms with van der Waals surface area (Å²) in [5.41, 5.74) is 7.81. The van der Waals surface area contributed by atoms with Crippen molar-refractivity contribution >= 4 is 15.7 Å². The van der Waals surface area contributed by atoms with Crippen molar-refractivity contribution in [1.29, 1.82) is 0 Å². The molecule has 0 spiro atoms. The van der Waals surface area contributed by atoms with E-state index in [0.29, 0.717) is 12.2 Å². The Bertz CT molecular complexity index is 563. The van der Waals surface area contributed by atoms with Gasteiger partial charge in [0.25, 0.3) is 0 Å². The number of anilines is 1. The van der Waals surface area contributed by atoms with Gasteiger partial charge in [-0.2, -0.15) is 0 Å². The number of nitrogens with one attached hydrogen (secondary N) is 1. The van der Waals surface area contributed by atoms with Crippen molar-refractivity contribution in [3.8, 4) is 0 Å². The Balaban J connectivity index is 2.07. The fourth-order valence-corrected chi connectivity index (χ4v) is 3.74. The van der Waals surface area contributed by atoms with Crippen LogP contribution in [-0.4, -0.2) is 15.0 Å². The number of hydrogen-bond acceptors (Lipinski definition) is 3. The zero-order chi connectivity index (χ0) is 14.0. The lowest BCUT2D eigenvalue weighted by Crippen LogP contribution is -2.26. The molecular weight excluding hydrogens is 260 g/mol. The molecule has 0 radical (unpaired) electrons. The molecule has 0 unspecified atom stereocenters. The minimum absolute atomic E-state index is 0.235. The van der Waals surface area contributed by atoms with Gasteiger partial charge in [-0.15, -0.1) is 0 Å². The van der Waals surface area contributed by atoms with E-state index < -0.39 is 10.0 Å². The number of benzene rings is 1. The zero-order valence-corrected chi connectivity index (χ0v) is 12.4. The number of aryl methyl sites for hydroxylation is 1. The van der Waals surface area contributed by atoms with Crippen molar-refractivity contribution in [2.45, 2.75) is 44.4 Å². The van der Waals surface area contributed by atoms with Crippen LogP contribution in [0.4, 0.5) is 5.69 Å². The summed E-state index contributed by atoms with van der Waals surface area (Å²) < 4.78 is 27.3. The number of nitrogen functional groups attached to an aromatic ring is 1. The topological polar surface area (TPSA) is 72.2 Å². The van der Waals surface area contributed by atoms with Gasteiger partial charge >= 0.3 is 0 Å². The van der Waals surface area contributed by atoms with Crippen LogP contribution < -0.4 is 10.5 Å². The summed E-state index contributed by atoms with van der Waals surface area (Å²) in [5, 5.41) is 0. The smallest absolute Gasteiger partial charge is 0.242 e. The first-order valence-electron chi connectivity index (χ1n) is 6.77. The highest BCUT2D eigenvalue weighted by atomic mass is 32.2. The summed E-state index contributed by atoms with van der Waals surface area (Å²) in [5.74, 6) is 0.829. The van der Waals surface area contributed by atoms with Crippen LogP contribution in [-0.2, 0) is 10.0 Å². The number of sulfonamides is 1. The molecule has 0 aliphatic heterocycles. The van der Waals surface area contributed by atoms with Crippen LogP contribution in [0.3, 0.4) is 0 Å². The van der Waals surface area contributed by atoms with E-state index in [1.165, 1.54) is 12.8 Å². The molecule has 0 saturated heterocycles. The van der Waals surface area contributed by atoms with Crippen molar-refractivity contribution in [2.24, 2.45) is 5.92 Å². The molecule has 0 heterocycles. The highest BCUT2D eigenvalue weighted by molar-refractivity contribution is 7.89. The van der Waals surface area contributed by atoms with Crippen molar-refractivity contribution in [2.75, 3.05) is 12.3 Å². The molecule has 1 aliphatic carbocycles. The third-order valence-corrected chi connectivity index (χ3v) is 5.42. The maximum atomic E-state index is 12.3. The van der Waals surface area contributed by atoms with Crippen LogP contribution in [0.5, 0.6) is 0 Å². The van der Waals surface area contributed by atoms with E-state index in [1.807, 2.05) is 13.0 Å². The molecule has 0 atom stereocenters. The third kappa shape index (κ3) is 3.48. The maximum absolute atomic E-state index is 12.3. The van der Waals surface area contributed by atoms with Crippen LogP contribution in [0.15, 0.2) is 17.0 Å². The van der Waals surface area contributed by atoms with Crippen molar-refractivity contribution < 1.29 is 8.42 Å². The highest BCUT2D eigenvalue weighted by Crippen LogP contribution is 2.33. The molecule has 1 aromatic rings. The van der Waals surface area contributed by atoms with Crippen molar-refractivity contribution in [1.82, 2.24) is 4.72 Å². The Morgan fingerprint density at radius 1 is 1.32 bits per heavy atom. The molecule has 1 saturated carbocycles. The van der Waals surface area contributed by atoms with E-state index in [2.05, 4.69) is 4.72 Å². The number of hydrogen-bond donors (Lipinski definition) is 2. The van der Waals surface area contributed by atoms with Crippen LogP contribution >= 0.6 is 0 Å². The van der Waals surface area contributed by atoms with Crippen LogP contribution in [0, 0.1) is 19.8 Å².